The molecule has 2 N–H and O–H groups in total. The van der Waals surface area contributed by atoms with Gasteiger partial charge in [0, 0.05) is 37.5 Å². The number of nitrogens with zero attached hydrogens (tertiary/aromatic N) is 2. The number of halogens is 2. The average Bonchev–Trinajstić information content (AvgIpc) is 2.92. The summed E-state index contributed by atoms with van der Waals surface area (Å²) in [6, 6.07) is 11.2. The summed E-state index contributed by atoms with van der Waals surface area (Å²) in [5.74, 6) is -1.93. The third-order valence-corrected chi connectivity index (χ3v) is 7.90. The first-order chi connectivity index (χ1) is 18.3. The predicted octanol–water partition coefficient (Wildman–Crippen LogP) is 4.19. The number of likely N-dealkylation sites (tertiary alicyclic amines) is 1. The Bertz CT molecular complexity index is 1400. The second kappa shape index (κ2) is 12.4. The van der Waals surface area contributed by atoms with Crippen molar-refractivity contribution in [3.63, 3.8) is 0 Å². The van der Waals surface area contributed by atoms with Gasteiger partial charge in [-0.2, -0.15) is 0 Å². The van der Waals surface area contributed by atoms with Crippen LogP contribution >= 0.6 is 0 Å². The van der Waals surface area contributed by atoms with Gasteiger partial charge in [-0.25, -0.2) is 31.7 Å². The van der Waals surface area contributed by atoms with Gasteiger partial charge in [0.25, 0.3) is 0 Å². The molecule has 8 nitrogen and oxygen atoms in total. The monoisotopic (exact) mass is 544 g/mol. The summed E-state index contributed by atoms with van der Waals surface area (Å²) < 4.78 is 62.0. The van der Waals surface area contributed by atoms with Gasteiger partial charge in [0.2, 0.25) is 10.0 Å². The number of pyridine rings is 1. The van der Waals surface area contributed by atoms with Crippen LogP contribution in [0.15, 0.2) is 59.6 Å². The number of ether oxygens (including phenoxy) is 1. The molecule has 2 aromatic carbocycles. The van der Waals surface area contributed by atoms with Crippen LogP contribution in [0, 0.1) is 11.6 Å². The average molecular weight is 545 g/mol. The summed E-state index contributed by atoms with van der Waals surface area (Å²) in [5, 5.41) is 2.94. The first-order valence-corrected chi connectivity index (χ1v) is 13.8. The van der Waals surface area contributed by atoms with Crippen molar-refractivity contribution in [1.29, 1.82) is 0 Å². The minimum absolute atomic E-state index is 0.0258. The van der Waals surface area contributed by atoms with E-state index in [0.29, 0.717) is 18.7 Å². The highest BCUT2D eigenvalue weighted by atomic mass is 32.2. The molecule has 0 bridgehead atoms. The van der Waals surface area contributed by atoms with E-state index in [1.807, 2.05) is 0 Å². The number of carbonyl (C=O) groups excluding carboxylic acids is 1. The number of sulfonamides is 1. The molecule has 2 heterocycles. The van der Waals surface area contributed by atoms with Crippen LogP contribution in [0.5, 0.6) is 0 Å². The molecule has 0 radical (unpaired) electrons. The summed E-state index contributed by atoms with van der Waals surface area (Å²) in [5.41, 5.74) is 0.530. The van der Waals surface area contributed by atoms with Gasteiger partial charge in [0.05, 0.1) is 12.0 Å². The molecule has 1 aliphatic heterocycles. The van der Waals surface area contributed by atoms with Gasteiger partial charge < -0.3 is 15.0 Å². The van der Waals surface area contributed by atoms with Gasteiger partial charge in [0.15, 0.2) is 0 Å². The van der Waals surface area contributed by atoms with E-state index in [9.17, 15) is 22.0 Å². The van der Waals surface area contributed by atoms with E-state index in [-0.39, 0.29) is 33.9 Å². The number of aromatic nitrogens is 1. The van der Waals surface area contributed by atoms with E-state index in [0.717, 1.165) is 39.1 Å². The number of rotatable bonds is 10. The number of nitrogens with one attached hydrogen (secondary N) is 2. The molecular weight excluding hydrogens is 514 g/mol. The Morgan fingerprint density at radius 2 is 1.84 bits per heavy atom. The van der Waals surface area contributed by atoms with Crippen LogP contribution in [0.3, 0.4) is 0 Å². The fraction of sp³-hybridized carbons (Fsp3) is 0.333. The second-order valence-corrected chi connectivity index (χ2v) is 10.8. The predicted molar refractivity (Wildman–Crippen MR) is 140 cm³/mol. The molecule has 0 spiro atoms. The minimum Gasteiger partial charge on any atom is -0.465 e. The number of benzene rings is 2. The minimum atomic E-state index is -3.73. The zero-order valence-electron chi connectivity index (χ0n) is 21.0. The number of esters is 1. The number of hydrogen-bond acceptors (Lipinski definition) is 7. The molecule has 38 heavy (non-hydrogen) atoms. The number of anilines is 1. The smallest absolute Gasteiger partial charge is 0.341 e. The van der Waals surface area contributed by atoms with Gasteiger partial charge in [-0.15, -0.1) is 0 Å². The van der Waals surface area contributed by atoms with Gasteiger partial charge in [-0.1, -0.05) is 30.7 Å². The Balaban J connectivity index is 1.41. The van der Waals surface area contributed by atoms with Gasteiger partial charge in [-0.05, 0) is 55.3 Å². The number of carbonyl (C=O) groups is 1. The van der Waals surface area contributed by atoms with Gasteiger partial charge >= 0.3 is 5.97 Å². The summed E-state index contributed by atoms with van der Waals surface area (Å²) in [4.78, 5) is 18.5. The summed E-state index contributed by atoms with van der Waals surface area (Å²) in [6.07, 6.45) is 4.86. The lowest BCUT2D eigenvalue weighted by atomic mass is 9.98. The van der Waals surface area contributed by atoms with Crippen molar-refractivity contribution in [2.24, 2.45) is 0 Å². The van der Waals surface area contributed by atoms with E-state index in [1.54, 1.807) is 6.07 Å². The molecule has 1 aliphatic rings. The zero-order chi connectivity index (χ0) is 27.1. The number of methoxy groups -OCH3 is 1. The fourth-order valence-corrected chi connectivity index (χ4v) is 5.43. The molecule has 1 aromatic heterocycles. The molecule has 4 rings (SSSR count). The van der Waals surface area contributed by atoms with Crippen LogP contribution in [0.25, 0.3) is 11.1 Å². The van der Waals surface area contributed by atoms with Crippen LogP contribution in [0.4, 0.5) is 14.6 Å². The molecule has 11 heteroatoms. The third-order valence-electron chi connectivity index (χ3n) is 6.44. The molecule has 0 aliphatic carbocycles. The van der Waals surface area contributed by atoms with Gasteiger partial charge in [-0.3, -0.25) is 0 Å². The third kappa shape index (κ3) is 6.72. The Labute approximate surface area is 221 Å². The van der Waals surface area contributed by atoms with Crippen LogP contribution in [-0.4, -0.2) is 57.6 Å². The SMILES string of the molecule is COC(=O)c1c(F)cccc1-c1ccc(CNc2cc(S(=O)(=O)NCCN3CCCCC3)ccn2)c(F)c1. The normalized spacial score (nSPS) is 14.3. The molecule has 0 unspecified atom stereocenters. The Kier molecular flexibility index (Phi) is 9.03. The van der Waals surface area contributed by atoms with E-state index >= 15 is 0 Å². The first-order valence-electron chi connectivity index (χ1n) is 12.4. The largest absolute Gasteiger partial charge is 0.465 e. The van der Waals surface area contributed by atoms with Crippen molar-refractivity contribution in [2.45, 2.75) is 30.7 Å². The zero-order valence-corrected chi connectivity index (χ0v) is 21.9. The van der Waals surface area contributed by atoms with E-state index in [4.69, 9.17) is 0 Å². The van der Waals surface area contributed by atoms with Crippen molar-refractivity contribution in [2.75, 3.05) is 38.6 Å². The molecule has 0 atom stereocenters. The first kappa shape index (κ1) is 27.6. The Morgan fingerprint density at radius 3 is 2.58 bits per heavy atom. The van der Waals surface area contributed by atoms with E-state index in [1.165, 1.54) is 49.0 Å². The van der Waals surface area contributed by atoms with Crippen molar-refractivity contribution < 1.29 is 26.7 Å². The van der Waals surface area contributed by atoms with E-state index in [2.05, 4.69) is 24.7 Å². The van der Waals surface area contributed by atoms with Crippen LogP contribution in [-0.2, 0) is 21.3 Å². The molecule has 0 amide bonds. The van der Waals surface area contributed by atoms with Gasteiger partial charge in [0.1, 0.15) is 23.0 Å². The highest BCUT2D eigenvalue weighted by molar-refractivity contribution is 7.89. The maximum atomic E-state index is 14.9. The summed E-state index contributed by atoms with van der Waals surface area (Å²) >= 11 is 0. The Morgan fingerprint density at radius 1 is 1.05 bits per heavy atom. The summed E-state index contributed by atoms with van der Waals surface area (Å²) in [7, 11) is -2.58. The van der Waals surface area contributed by atoms with Crippen molar-refractivity contribution in [3.8, 4) is 11.1 Å². The molecule has 0 saturated carbocycles. The van der Waals surface area contributed by atoms with Crippen molar-refractivity contribution in [3.05, 3.63) is 77.5 Å². The van der Waals surface area contributed by atoms with Crippen molar-refractivity contribution >= 4 is 21.8 Å². The molecule has 202 valence electrons. The van der Waals surface area contributed by atoms with Crippen LogP contribution in [0.1, 0.15) is 35.2 Å². The number of hydrogen-bond donors (Lipinski definition) is 2. The molecular formula is C27H30F2N4O4S. The molecule has 3 aromatic rings. The second-order valence-electron chi connectivity index (χ2n) is 8.99. The summed E-state index contributed by atoms with van der Waals surface area (Å²) in [6.45, 7) is 2.96. The number of piperidine rings is 1. The quantitative estimate of drug-likeness (QED) is 0.369. The fourth-order valence-electron chi connectivity index (χ4n) is 4.40. The van der Waals surface area contributed by atoms with Crippen LogP contribution in [0.2, 0.25) is 0 Å². The highest BCUT2D eigenvalue weighted by Gasteiger charge is 2.20. The molecule has 1 saturated heterocycles. The van der Waals surface area contributed by atoms with Crippen LogP contribution < -0.4 is 10.0 Å². The Hall–Kier alpha value is -3.41. The lowest BCUT2D eigenvalue weighted by molar-refractivity contribution is 0.0596. The lowest BCUT2D eigenvalue weighted by Gasteiger charge is -2.26. The maximum absolute atomic E-state index is 14.9. The highest BCUT2D eigenvalue weighted by Crippen LogP contribution is 2.28. The standard InChI is InChI=1S/C27H30F2N4O4S/c1-37-27(34)26-22(6-5-7-23(26)28)19-8-9-20(24(29)16-19)18-31-25-17-21(10-11-30-25)38(35,36)32-12-15-33-13-3-2-4-14-33/h5-11,16-17,32H,2-4,12-15,18H2,1H3,(H,30,31). The molecule has 1 fully saturated rings. The van der Waals surface area contributed by atoms with Crippen molar-refractivity contribution in [1.82, 2.24) is 14.6 Å². The lowest BCUT2D eigenvalue weighted by Crippen LogP contribution is -2.37. The topological polar surface area (TPSA) is 101 Å². The maximum Gasteiger partial charge on any atom is 0.341 e. The van der Waals surface area contributed by atoms with E-state index < -0.39 is 27.6 Å².